The topological polar surface area (TPSA) is 75.1 Å². The molecule has 20 heavy (non-hydrogen) atoms. The van der Waals surface area contributed by atoms with Crippen LogP contribution in [-0.2, 0) is 6.42 Å². The van der Waals surface area contributed by atoms with Crippen molar-refractivity contribution in [3.8, 4) is 5.75 Å². The third-order valence-electron chi connectivity index (χ3n) is 3.04. The maximum absolute atomic E-state index is 12.3. The van der Waals surface area contributed by atoms with Gasteiger partial charge >= 0.3 is 0 Å². The van der Waals surface area contributed by atoms with E-state index >= 15 is 0 Å². The Morgan fingerprint density at radius 3 is 2.80 bits per heavy atom. The second-order valence-corrected chi connectivity index (χ2v) is 5.46. The molecule has 6 heteroatoms. The van der Waals surface area contributed by atoms with Crippen LogP contribution in [0.1, 0.15) is 39.8 Å². The van der Waals surface area contributed by atoms with Crippen LogP contribution in [0, 0.1) is 13.8 Å². The molecule has 2 N–H and O–H groups in total. The summed E-state index contributed by atoms with van der Waals surface area (Å²) in [5.41, 5.74) is 2.97. The molecule has 2 rings (SSSR count). The average Bonchev–Trinajstić information content (AvgIpc) is 2.84. The molecule has 0 aliphatic carbocycles. The minimum atomic E-state index is -0.198. The van der Waals surface area contributed by atoms with Crippen LogP contribution in [0.25, 0.3) is 0 Å². The van der Waals surface area contributed by atoms with E-state index in [0.717, 1.165) is 41.2 Å². The molecule has 0 radical (unpaired) electrons. The highest BCUT2D eigenvalue weighted by molar-refractivity contribution is 7.08. The molecule has 0 saturated heterocycles. The number of carbonyl (C=O) groups is 1. The second-order valence-electron chi connectivity index (χ2n) is 4.71. The van der Waals surface area contributed by atoms with E-state index in [4.69, 9.17) is 0 Å². The van der Waals surface area contributed by atoms with Crippen molar-refractivity contribution in [3.63, 3.8) is 0 Å². The smallest absolute Gasteiger partial charge is 0.269 e. The van der Waals surface area contributed by atoms with Crippen LogP contribution >= 0.6 is 11.5 Å². The third-order valence-corrected chi connectivity index (χ3v) is 3.81. The summed E-state index contributed by atoms with van der Waals surface area (Å²) in [6.07, 6.45) is 1.66. The maximum Gasteiger partial charge on any atom is 0.269 e. The number of aromatic hydroxyl groups is 1. The largest absolute Gasteiger partial charge is 0.508 e. The number of benzene rings is 1. The van der Waals surface area contributed by atoms with Crippen LogP contribution in [0.2, 0.25) is 0 Å². The number of phenols is 1. The van der Waals surface area contributed by atoms with Gasteiger partial charge < -0.3 is 10.4 Å². The van der Waals surface area contributed by atoms with Crippen molar-refractivity contribution < 1.29 is 9.90 Å². The van der Waals surface area contributed by atoms with E-state index in [9.17, 15) is 9.90 Å². The number of rotatable bonds is 4. The fourth-order valence-corrected chi connectivity index (χ4v) is 2.50. The third kappa shape index (κ3) is 2.96. The van der Waals surface area contributed by atoms with Gasteiger partial charge in [-0.3, -0.25) is 4.79 Å². The molecular weight excluding hydrogens is 274 g/mol. The lowest BCUT2D eigenvalue weighted by atomic mass is 10.1. The molecule has 5 nitrogen and oxygen atoms in total. The van der Waals surface area contributed by atoms with Gasteiger partial charge in [-0.05, 0) is 55.1 Å². The Balaban J connectivity index is 2.23. The van der Waals surface area contributed by atoms with E-state index in [1.807, 2.05) is 13.8 Å². The van der Waals surface area contributed by atoms with Crippen molar-refractivity contribution in [2.24, 2.45) is 0 Å². The fraction of sp³-hybridized carbons (Fsp3) is 0.357. The molecule has 2 aromatic rings. The molecule has 0 saturated carbocycles. The van der Waals surface area contributed by atoms with E-state index in [0.29, 0.717) is 10.6 Å². The van der Waals surface area contributed by atoms with Crippen LogP contribution in [0.15, 0.2) is 12.1 Å². The zero-order valence-electron chi connectivity index (χ0n) is 11.7. The number of phenolic OH excluding ortho intramolecular Hbond substituents is 1. The van der Waals surface area contributed by atoms with Crippen molar-refractivity contribution in [2.45, 2.75) is 33.6 Å². The standard InChI is InChI=1S/C14H17N3O2S/c1-4-5-10-13(20-17-16-10)14(19)15-11-6-9(3)12(18)7-8(11)2/h6-7,18H,4-5H2,1-3H3,(H,15,19). The van der Waals surface area contributed by atoms with Crippen LogP contribution < -0.4 is 5.32 Å². The SMILES string of the molecule is CCCc1nnsc1C(=O)Nc1cc(C)c(O)cc1C. The van der Waals surface area contributed by atoms with Gasteiger partial charge in [-0.2, -0.15) is 0 Å². The van der Waals surface area contributed by atoms with Crippen molar-refractivity contribution in [1.29, 1.82) is 0 Å². The first-order valence-corrected chi connectivity index (χ1v) is 7.23. The molecule has 106 valence electrons. The van der Waals surface area contributed by atoms with Crippen LogP contribution in [0.4, 0.5) is 5.69 Å². The minimum Gasteiger partial charge on any atom is -0.508 e. The Kier molecular flexibility index (Phi) is 4.34. The number of aryl methyl sites for hydroxylation is 3. The van der Waals surface area contributed by atoms with Gasteiger partial charge in [-0.25, -0.2) is 0 Å². The predicted octanol–water partition coefficient (Wildman–Crippen LogP) is 3.07. The van der Waals surface area contributed by atoms with Gasteiger partial charge in [0.05, 0.1) is 5.69 Å². The molecule has 0 aliphatic heterocycles. The maximum atomic E-state index is 12.3. The van der Waals surface area contributed by atoms with Crippen molar-refractivity contribution >= 4 is 23.1 Å². The summed E-state index contributed by atoms with van der Waals surface area (Å²) < 4.78 is 3.85. The first kappa shape index (κ1) is 14.5. The van der Waals surface area contributed by atoms with Crippen LogP contribution in [0.5, 0.6) is 5.75 Å². The number of anilines is 1. The molecule has 1 heterocycles. The number of hydrogen-bond donors (Lipinski definition) is 2. The Bertz CT molecular complexity index is 637. The van der Waals surface area contributed by atoms with E-state index in [1.165, 1.54) is 0 Å². The molecule has 0 aliphatic rings. The Morgan fingerprint density at radius 1 is 1.35 bits per heavy atom. The van der Waals surface area contributed by atoms with Gasteiger partial charge in [-0.1, -0.05) is 17.8 Å². The summed E-state index contributed by atoms with van der Waals surface area (Å²) in [5, 5.41) is 16.5. The van der Waals surface area contributed by atoms with Crippen molar-refractivity contribution in [3.05, 3.63) is 33.8 Å². The summed E-state index contributed by atoms with van der Waals surface area (Å²) in [4.78, 5) is 12.8. The highest BCUT2D eigenvalue weighted by Crippen LogP contribution is 2.26. The first-order valence-electron chi connectivity index (χ1n) is 6.45. The van der Waals surface area contributed by atoms with Gasteiger partial charge in [0, 0.05) is 5.69 Å². The molecule has 1 amide bonds. The number of carbonyl (C=O) groups excluding carboxylic acids is 1. The van der Waals surface area contributed by atoms with Gasteiger partial charge in [0.2, 0.25) is 0 Å². The van der Waals surface area contributed by atoms with Crippen molar-refractivity contribution in [1.82, 2.24) is 9.59 Å². The number of aromatic nitrogens is 2. The number of amides is 1. The van der Waals surface area contributed by atoms with Crippen LogP contribution in [0.3, 0.4) is 0 Å². The molecule has 0 spiro atoms. The molecule has 0 fully saturated rings. The zero-order chi connectivity index (χ0) is 14.7. The van der Waals surface area contributed by atoms with E-state index < -0.39 is 0 Å². The summed E-state index contributed by atoms with van der Waals surface area (Å²) >= 11 is 1.11. The van der Waals surface area contributed by atoms with Crippen LogP contribution in [-0.4, -0.2) is 20.6 Å². The van der Waals surface area contributed by atoms with Gasteiger partial charge in [0.25, 0.3) is 5.91 Å². The normalized spacial score (nSPS) is 10.6. The van der Waals surface area contributed by atoms with E-state index in [-0.39, 0.29) is 11.7 Å². The first-order chi connectivity index (χ1) is 9.52. The summed E-state index contributed by atoms with van der Waals surface area (Å²) in [5.74, 6) is 0.0308. The lowest BCUT2D eigenvalue weighted by Gasteiger charge is -2.10. The number of hydrogen-bond acceptors (Lipinski definition) is 5. The lowest BCUT2D eigenvalue weighted by Crippen LogP contribution is -2.13. The highest BCUT2D eigenvalue weighted by Gasteiger charge is 2.16. The molecule has 0 bridgehead atoms. The number of nitrogens with zero attached hydrogens (tertiary/aromatic N) is 2. The molecular formula is C14H17N3O2S. The summed E-state index contributed by atoms with van der Waals surface area (Å²) in [6, 6.07) is 3.40. The Morgan fingerprint density at radius 2 is 2.10 bits per heavy atom. The zero-order valence-corrected chi connectivity index (χ0v) is 12.5. The summed E-state index contributed by atoms with van der Waals surface area (Å²) in [6.45, 7) is 5.67. The molecule has 0 unspecified atom stereocenters. The monoisotopic (exact) mass is 291 g/mol. The van der Waals surface area contributed by atoms with Gasteiger partial charge in [0.15, 0.2) is 0 Å². The molecule has 1 aromatic heterocycles. The molecule has 0 atom stereocenters. The molecule has 1 aromatic carbocycles. The highest BCUT2D eigenvalue weighted by atomic mass is 32.1. The predicted molar refractivity (Wildman–Crippen MR) is 79.4 cm³/mol. The van der Waals surface area contributed by atoms with Gasteiger partial charge in [-0.15, -0.1) is 5.10 Å². The van der Waals surface area contributed by atoms with Gasteiger partial charge in [0.1, 0.15) is 10.6 Å². The lowest BCUT2D eigenvalue weighted by molar-refractivity contribution is 0.102. The Labute approximate surface area is 121 Å². The summed E-state index contributed by atoms with van der Waals surface area (Å²) in [7, 11) is 0. The quantitative estimate of drug-likeness (QED) is 0.849. The number of nitrogens with one attached hydrogen (secondary N) is 1. The van der Waals surface area contributed by atoms with Crippen molar-refractivity contribution in [2.75, 3.05) is 5.32 Å². The minimum absolute atomic E-state index is 0.198. The fourth-order valence-electron chi connectivity index (χ4n) is 1.90. The van der Waals surface area contributed by atoms with E-state index in [2.05, 4.69) is 14.9 Å². The van der Waals surface area contributed by atoms with E-state index in [1.54, 1.807) is 19.1 Å². The average molecular weight is 291 g/mol. The second kappa shape index (κ2) is 6.00. The Hall–Kier alpha value is -1.95.